The summed E-state index contributed by atoms with van der Waals surface area (Å²) in [6.45, 7) is 0. The van der Waals surface area contributed by atoms with Crippen molar-refractivity contribution in [2.45, 2.75) is 24.1 Å². The Morgan fingerprint density at radius 2 is 1.93 bits per heavy atom. The van der Waals surface area contributed by atoms with E-state index in [-0.39, 0.29) is 10.6 Å². The number of amides is 1. The fourth-order valence-electron chi connectivity index (χ4n) is 2.67. The van der Waals surface area contributed by atoms with Gasteiger partial charge in [-0.25, -0.2) is 17.2 Å². The Hall–Kier alpha value is -2.23. The van der Waals surface area contributed by atoms with E-state index in [1.165, 1.54) is 13.2 Å². The molecule has 28 heavy (non-hydrogen) atoms. The minimum Gasteiger partial charge on any atom is -0.495 e. The normalized spacial score (nSPS) is 15.1. The monoisotopic (exact) mass is 430 g/mol. The van der Waals surface area contributed by atoms with Gasteiger partial charge in [0.1, 0.15) is 22.9 Å². The molecule has 2 N–H and O–H groups in total. The van der Waals surface area contributed by atoms with Crippen LogP contribution in [0.25, 0.3) is 0 Å². The molecule has 1 fully saturated rings. The number of carbonyl (C=O) groups is 1. The first-order valence-electron chi connectivity index (χ1n) is 8.25. The molecule has 0 heterocycles. The molecular formula is C18H17ClF2N2O4S. The van der Waals surface area contributed by atoms with Crippen molar-refractivity contribution in [2.75, 3.05) is 12.4 Å². The predicted octanol–water partition coefficient (Wildman–Crippen LogP) is 3.22. The maximum atomic E-state index is 13.7. The lowest BCUT2D eigenvalue weighted by molar-refractivity contribution is -0.118. The topological polar surface area (TPSA) is 84.5 Å². The summed E-state index contributed by atoms with van der Waals surface area (Å²) in [6.07, 6.45) is 0.599. The molecule has 3 rings (SSSR count). The van der Waals surface area contributed by atoms with Crippen molar-refractivity contribution in [2.24, 2.45) is 0 Å². The number of sulfonamides is 1. The summed E-state index contributed by atoms with van der Waals surface area (Å²) in [4.78, 5) is 12.6. The highest BCUT2D eigenvalue weighted by molar-refractivity contribution is 7.88. The van der Waals surface area contributed by atoms with Crippen molar-refractivity contribution >= 4 is 33.2 Å². The molecule has 0 aromatic heterocycles. The van der Waals surface area contributed by atoms with Gasteiger partial charge in [-0.15, -0.1) is 0 Å². The van der Waals surface area contributed by atoms with E-state index in [1.54, 1.807) is 12.1 Å². The minimum atomic E-state index is -4.04. The number of methoxy groups -OCH3 is 1. The number of anilines is 1. The second-order valence-corrected chi connectivity index (χ2v) is 8.61. The molecule has 1 saturated carbocycles. The van der Waals surface area contributed by atoms with Crippen molar-refractivity contribution in [3.05, 3.63) is 58.6 Å². The quantitative estimate of drug-likeness (QED) is 0.706. The van der Waals surface area contributed by atoms with Gasteiger partial charge in [-0.1, -0.05) is 17.7 Å². The fourth-order valence-corrected chi connectivity index (χ4v) is 4.54. The van der Waals surface area contributed by atoms with E-state index in [9.17, 15) is 22.0 Å². The van der Waals surface area contributed by atoms with Gasteiger partial charge in [-0.2, -0.15) is 4.72 Å². The number of nitrogens with one attached hydrogen (secondary N) is 2. The number of rotatable bonds is 7. The van der Waals surface area contributed by atoms with Crippen LogP contribution in [0.15, 0.2) is 36.4 Å². The molecule has 10 heteroatoms. The SMILES string of the molecule is COc1ccc(NC(=O)C2(NS(=O)(=O)Cc3ccc(F)cc3F)CC2)cc1Cl. The summed E-state index contributed by atoms with van der Waals surface area (Å²) in [5.41, 5.74) is -1.11. The number of hydrogen-bond donors (Lipinski definition) is 2. The molecule has 1 aliphatic rings. The van der Waals surface area contributed by atoms with E-state index < -0.39 is 38.9 Å². The van der Waals surface area contributed by atoms with Crippen molar-refractivity contribution in [1.82, 2.24) is 4.72 Å². The number of carbonyl (C=O) groups excluding carboxylic acids is 1. The van der Waals surface area contributed by atoms with Crippen molar-refractivity contribution in [3.8, 4) is 5.75 Å². The number of benzene rings is 2. The van der Waals surface area contributed by atoms with Crippen molar-refractivity contribution in [3.63, 3.8) is 0 Å². The van der Waals surface area contributed by atoms with E-state index >= 15 is 0 Å². The van der Waals surface area contributed by atoms with Gasteiger partial charge in [0.25, 0.3) is 0 Å². The van der Waals surface area contributed by atoms with Crippen molar-refractivity contribution in [1.29, 1.82) is 0 Å². The van der Waals surface area contributed by atoms with Gasteiger partial charge in [0.15, 0.2) is 0 Å². The molecule has 0 radical (unpaired) electrons. The average Bonchev–Trinajstić information content (AvgIpc) is 3.37. The predicted molar refractivity (Wildman–Crippen MR) is 101 cm³/mol. The third kappa shape index (κ3) is 4.60. The molecule has 2 aromatic carbocycles. The maximum absolute atomic E-state index is 13.7. The Bertz CT molecular complexity index is 1030. The van der Waals surface area contributed by atoms with Crippen LogP contribution in [0, 0.1) is 11.6 Å². The van der Waals surface area contributed by atoms with Gasteiger partial charge in [-0.3, -0.25) is 4.79 Å². The summed E-state index contributed by atoms with van der Waals surface area (Å²) in [6, 6.07) is 7.26. The summed E-state index contributed by atoms with van der Waals surface area (Å²) in [5, 5.41) is 2.90. The van der Waals surface area contributed by atoms with Crippen LogP contribution in [0.5, 0.6) is 5.75 Å². The van der Waals surface area contributed by atoms with E-state index in [4.69, 9.17) is 16.3 Å². The van der Waals surface area contributed by atoms with Crippen LogP contribution in [0.2, 0.25) is 5.02 Å². The Kier molecular flexibility index (Phi) is 5.60. The summed E-state index contributed by atoms with van der Waals surface area (Å²) >= 11 is 6.02. The highest BCUT2D eigenvalue weighted by Gasteiger charge is 2.52. The van der Waals surface area contributed by atoms with Gasteiger partial charge in [0, 0.05) is 17.3 Å². The van der Waals surface area contributed by atoms with Crippen LogP contribution in [-0.2, 0) is 20.6 Å². The lowest BCUT2D eigenvalue weighted by atomic mass is 10.2. The Morgan fingerprint density at radius 1 is 1.21 bits per heavy atom. The third-order valence-corrected chi connectivity index (χ3v) is 5.99. The molecule has 1 aliphatic carbocycles. The zero-order valence-corrected chi connectivity index (χ0v) is 16.3. The highest BCUT2D eigenvalue weighted by atomic mass is 35.5. The van der Waals surface area contributed by atoms with Crippen LogP contribution in [0.3, 0.4) is 0 Å². The standard InChI is InChI=1S/C18H17ClF2N2O4S/c1-27-16-5-4-13(9-14(16)19)22-17(24)18(6-7-18)23-28(25,26)10-11-2-3-12(20)8-15(11)21/h2-5,8-9,23H,6-7,10H2,1H3,(H,22,24). The zero-order valence-electron chi connectivity index (χ0n) is 14.8. The van der Waals surface area contributed by atoms with Crippen LogP contribution >= 0.6 is 11.6 Å². The molecule has 6 nitrogen and oxygen atoms in total. The van der Waals surface area contributed by atoms with Gasteiger partial charge in [-0.05, 0) is 37.1 Å². The fraction of sp³-hybridized carbons (Fsp3) is 0.278. The molecule has 1 amide bonds. The number of halogens is 3. The first kappa shape index (κ1) is 20.5. The Balaban J connectivity index is 1.70. The highest BCUT2D eigenvalue weighted by Crippen LogP contribution is 2.38. The third-order valence-electron chi connectivity index (χ3n) is 4.31. The lowest BCUT2D eigenvalue weighted by Crippen LogP contribution is -2.46. The Labute approximate surface area is 165 Å². The molecule has 0 unspecified atom stereocenters. The van der Waals surface area contributed by atoms with Crippen LogP contribution < -0.4 is 14.8 Å². The minimum absolute atomic E-state index is 0.188. The summed E-state index contributed by atoms with van der Waals surface area (Å²) < 4.78 is 58.9. The molecule has 2 aromatic rings. The van der Waals surface area contributed by atoms with Crippen molar-refractivity contribution < 1.29 is 26.7 Å². The largest absolute Gasteiger partial charge is 0.495 e. The lowest BCUT2D eigenvalue weighted by Gasteiger charge is -2.18. The second kappa shape index (κ2) is 7.65. The smallest absolute Gasteiger partial charge is 0.245 e. The van der Waals surface area contributed by atoms with Crippen LogP contribution in [0.4, 0.5) is 14.5 Å². The number of hydrogen-bond acceptors (Lipinski definition) is 4. The molecular weight excluding hydrogens is 414 g/mol. The first-order valence-corrected chi connectivity index (χ1v) is 10.3. The van der Waals surface area contributed by atoms with E-state index in [2.05, 4.69) is 10.0 Å². The Morgan fingerprint density at radius 3 is 2.50 bits per heavy atom. The molecule has 150 valence electrons. The zero-order chi connectivity index (χ0) is 20.5. The van der Waals surface area contributed by atoms with Gasteiger partial charge < -0.3 is 10.1 Å². The van der Waals surface area contributed by atoms with E-state index in [1.807, 2.05) is 0 Å². The first-order chi connectivity index (χ1) is 13.1. The number of ether oxygens (including phenoxy) is 1. The molecule has 0 spiro atoms. The molecule has 0 saturated heterocycles. The maximum Gasteiger partial charge on any atom is 0.245 e. The second-order valence-electron chi connectivity index (χ2n) is 6.48. The van der Waals surface area contributed by atoms with E-state index in [0.29, 0.717) is 30.3 Å². The van der Waals surface area contributed by atoms with Crippen LogP contribution in [-0.4, -0.2) is 27.0 Å². The van der Waals surface area contributed by atoms with Gasteiger partial charge >= 0.3 is 0 Å². The summed E-state index contributed by atoms with van der Waals surface area (Å²) in [5.74, 6) is -2.59. The van der Waals surface area contributed by atoms with Crippen LogP contribution in [0.1, 0.15) is 18.4 Å². The summed E-state index contributed by atoms with van der Waals surface area (Å²) in [7, 11) is -2.58. The molecule has 0 atom stereocenters. The van der Waals surface area contributed by atoms with Gasteiger partial charge in [0.05, 0.1) is 17.9 Å². The van der Waals surface area contributed by atoms with E-state index in [0.717, 1.165) is 12.1 Å². The average molecular weight is 431 g/mol. The molecule has 0 bridgehead atoms. The van der Waals surface area contributed by atoms with Gasteiger partial charge in [0.2, 0.25) is 15.9 Å². The molecule has 0 aliphatic heterocycles.